The van der Waals surface area contributed by atoms with Crippen LogP contribution in [0.5, 0.6) is 11.5 Å². The molecule has 0 saturated heterocycles. The monoisotopic (exact) mass is 373 g/mol. The SMILES string of the molecule is COc1cc(CN)cc(Br)c1OCc1cc(F)ccc1Cl. The van der Waals surface area contributed by atoms with E-state index in [0.29, 0.717) is 28.6 Å². The zero-order valence-electron chi connectivity index (χ0n) is 11.3. The first-order valence-corrected chi connectivity index (χ1v) is 7.35. The molecule has 0 atom stereocenters. The number of methoxy groups -OCH3 is 1. The van der Waals surface area contributed by atoms with Gasteiger partial charge in [-0.2, -0.15) is 0 Å². The van der Waals surface area contributed by atoms with Crippen molar-refractivity contribution >= 4 is 27.5 Å². The van der Waals surface area contributed by atoms with Crippen LogP contribution in [0.3, 0.4) is 0 Å². The van der Waals surface area contributed by atoms with E-state index in [1.54, 1.807) is 13.2 Å². The lowest BCUT2D eigenvalue weighted by molar-refractivity contribution is 0.282. The molecule has 0 fully saturated rings. The van der Waals surface area contributed by atoms with Crippen molar-refractivity contribution in [1.29, 1.82) is 0 Å². The van der Waals surface area contributed by atoms with Gasteiger partial charge in [0.15, 0.2) is 11.5 Å². The van der Waals surface area contributed by atoms with Gasteiger partial charge in [0.1, 0.15) is 12.4 Å². The Morgan fingerprint density at radius 3 is 2.71 bits per heavy atom. The maximum absolute atomic E-state index is 13.2. The van der Waals surface area contributed by atoms with E-state index in [0.717, 1.165) is 10.0 Å². The lowest BCUT2D eigenvalue weighted by atomic mass is 10.2. The van der Waals surface area contributed by atoms with Crippen molar-refractivity contribution in [2.24, 2.45) is 5.73 Å². The van der Waals surface area contributed by atoms with Crippen LogP contribution in [0, 0.1) is 5.82 Å². The van der Waals surface area contributed by atoms with Gasteiger partial charge in [0, 0.05) is 17.1 Å². The molecule has 0 spiro atoms. The Kier molecular flexibility index (Phi) is 5.45. The van der Waals surface area contributed by atoms with E-state index in [2.05, 4.69) is 15.9 Å². The molecular weight excluding hydrogens is 361 g/mol. The van der Waals surface area contributed by atoms with Crippen molar-refractivity contribution in [2.45, 2.75) is 13.2 Å². The highest BCUT2D eigenvalue weighted by Crippen LogP contribution is 2.37. The number of ether oxygens (including phenoxy) is 2. The van der Waals surface area contributed by atoms with Gasteiger partial charge in [0.2, 0.25) is 0 Å². The number of rotatable bonds is 5. The summed E-state index contributed by atoms with van der Waals surface area (Å²) in [4.78, 5) is 0. The second-order valence-corrected chi connectivity index (χ2v) is 5.60. The van der Waals surface area contributed by atoms with Crippen LogP contribution in [0.4, 0.5) is 4.39 Å². The molecule has 0 aliphatic rings. The summed E-state index contributed by atoms with van der Waals surface area (Å²) < 4.78 is 25.0. The number of hydrogen-bond acceptors (Lipinski definition) is 3. The molecule has 21 heavy (non-hydrogen) atoms. The Morgan fingerprint density at radius 1 is 1.29 bits per heavy atom. The quantitative estimate of drug-likeness (QED) is 0.849. The summed E-state index contributed by atoms with van der Waals surface area (Å²) in [5.74, 6) is 0.717. The first-order chi connectivity index (χ1) is 10.0. The van der Waals surface area contributed by atoms with Crippen LogP contribution < -0.4 is 15.2 Å². The van der Waals surface area contributed by atoms with E-state index in [1.807, 2.05) is 6.07 Å². The van der Waals surface area contributed by atoms with Crippen LogP contribution in [-0.4, -0.2) is 7.11 Å². The van der Waals surface area contributed by atoms with E-state index in [1.165, 1.54) is 18.2 Å². The molecular formula is C15H14BrClFNO2. The largest absolute Gasteiger partial charge is 0.493 e. The van der Waals surface area contributed by atoms with Crippen LogP contribution >= 0.6 is 27.5 Å². The molecule has 0 saturated carbocycles. The Bertz CT molecular complexity index is 652. The molecule has 6 heteroatoms. The summed E-state index contributed by atoms with van der Waals surface area (Å²) in [6, 6.07) is 7.80. The lowest BCUT2D eigenvalue weighted by Gasteiger charge is -2.14. The Hall–Kier alpha value is -1.30. The fraction of sp³-hybridized carbons (Fsp3) is 0.200. The van der Waals surface area contributed by atoms with Gasteiger partial charge in [0.25, 0.3) is 0 Å². The lowest BCUT2D eigenvalue weighted by Crippen LogP contribution is -2.02. The fourth-order valence-electron chi connectivity index (χ4n) is 1.84. The van der Waals surface area contributed by atoms with Gasteiger partial charge in [-0.05, 0) is 51.8 Å². The second-order valence-electron chi connectivity index (χ2n) is 4.34. The van der Waals surface area contributed by atoms with Gasteiger partial charge < -0.3 is 15.2 Å². The molecule has 0 aromatic heterocycles. The highest BCUT2D eigenvalue weighted by molar-refractivity contribution is 9.10. The zero-order chi connectivity index (χ0) is 15.4. The maximum Gasteiger partial charge on any atom is 0.175 e. The van der Waals surface area contributed by atoms with Gasteiger partial charge >= 0.3 is 0 Å². The maximum atomic E-state index is 13.2. The summed E-state index contributed by atoms with van der Waals surface area (Å²) in [5, 5.41) is 0.449. The molecule has 0 unspecified atom stereocenters. The number of nitrogens with two attached hydrogens (primary N) is 1. The van der Waals surface area contributed by atoms with Crippen molar-refractivity contribution < 1.29 is 13.9 Å². The molecule has 2 rings (SSSR count). The number of halogens is 3. The van der Waals surface area contributed by atoms with E-state index < -0.39 is 0 Å². The molecule has 0 aliphatic carbocycles. The van der Waals surface area contributed by atoms with E-state index >= 15 is 0 Å². The predicted octanol–water partition coefficient (Wildman–Crippen LogP) is 4.29. The Morgan fingerprint density at radius 2 is 2.05 bits per heavy atom. The topological polar surface area (TPSA) is 44.5 Å². The molecule has 0 bridgehead atoms. The van der Waals surface area contributed by atoms with Gasteiger partial charge in [-0.25, -0.2) is 4.39 Å². The average molecular weight is 375 g/mol. The predicted molar refractivity (Wildman–Crippen MR) is 84.3 cm³/mol. The molecule has 0 radical (unpaired) electrons. The average Bonchev–Trinajstić information content (AvgIpc) is 2.48. The Balaban J connectivity index is 2.25. The highest BCUT2D eigenvalue weighted by Gasteiger charge is 2.12. The van der Waals surface area contributed by atoms with Crippen molar-refractivity contribution in [3.05, 3.63) is 56.8 Å². The third-order valence-corrected chi connectivity index (χ3v) is 3.86. The first kappa shape index (κ1) is 16.1. The smallest absolute Gasteiger partial charge is 0.175 e. The van der Waals surface area contributed by atoms with Crippen LogP contribution in [0.25, 0.3) is 0 Å². The molecule has 2 aromatic rings. The minimum absolute atomic E-state index is 0.132. The summed E-state index contributed by atoms with van der Waals surface area (Å²) in [7, 11) is 1.55. The second kappa shape index (κ2) is 7.11. The van der Waals surface area contributed by atoms with E-state index in [-0.39, 0.29) is 12.4 Å². The fourth-order valence-corrected chi connectivity index (χ4v) is 2.61. The van der Waals surface area contributed by atoms with E-state index in [9.17, 15) is 4.39 Å². The van der Waals surface area contributed by atoms with Crippen LogP contribution in [0.15, 0.2) is 34.8 Å². The molecule has 2 N–H and O–H groups in total. The first-order valence-electron chi connectivity index (χ1n) is 6.18. The van der Waals surface area contributed by atoms with Gasteiger partial charge in [-0.3, -0.25) is 0 Å². The van der Waals surface area contributed by atoms with Crippen molar-refractivity contribution in [3.8, 4) is 11.5 Å². The third-order valence-electron chi connectivity index (χ3n) is 2.90. The van der Waals surface area contributed by atoms with Gasteiger partial charge in [-0.15, -0.1) is 0 Å². The van der Waals surface area contributed by atoms with Crippen LogP contribution in [0.2, 0.25) is 5.02 Å². The number of benzene rings is 2. The molecule has 2 aromatic carbocycles. The Labute approximate surface area is 135 Å². The molecule has 0 heterocycles. The van der Waals surface area contributed by atoms with Crippen LogP contribution in [-0.2, 0) is 13.2 Å². The third kappa shape index (κ3) is 3.87. The minimum atomic E-state index is -0.359. The molecule has 3 nitrogen and oxygen atoms in total. The zero-order valence-corrected chi connectivity index (χ0v) is 13.7. The molecule has 0 aliphatic heterocycles. The number of hydrogen-bond donors (Lipinski definition) is 1. The van der Waals surface area contributed by atoms with E-state index in [4.69, 9.17) is 26.8 Å². The van der Waals surface area contributed by atoms with Gasteiger partial charge in [0.05, 0.1) is 11.6 Å². The normalized spacial score (nSPS) is 10.5. The molecule has 0 amide bonds. The molecule has 112 valence electrons. The summed E-state index contributed by atoms with van der Waals surface area (Å²) in [6.45, 7) is 0.526. The van der Waals surface area contributed by atoms with Crippen molar-refractivity contribution in [2.75, 3.05) is 7.11 Å². The van der Waals surface area contributed by atoms with Crippen molar-refractivity contribution in [1.82, 2.24) is 0 Å². The summed E-state index contributed by atoms with van der Waals surface area (Å²) >= 11 is 9.44. The summed E-state index contributed by atoms with van der Waals surface area (Å²) in [6.07, 6.45) is 0. The van der Waals surface area contributed by atoms with Crippen molar-refractivity contribution in [3.63, 3.8) is 0 Å². The van der Waals surface area contributed by atoms with Crippen LogP contribution in [0.1, 0.15) is 11.1 Å². The summed E-state index contributed by atoms with van der Waals surface area (Å²) in [5.41, 5.74) is 7.09. The van der Waals surface area contributed by atoms with Gasteiger partial charge in [-0.1, -0.05) is 11.6 Å². The highest BCUT2D eigenvalue weighted by atomic mass is 79.9. The standard InChI is InChI=1S/C15H14BrClFNO2/c1-20-14-5-9(7-19)4-12(16)15(14)21-8-10-6-11(18)2-3-13(10)17/h2-6H,7-8,19H2,1H3. The minimum Gasteiger partial charge on any atom is -0.493 e.